The van der Waals surface area contributed by atoms with E-state index in [1.54, 1.807) is 0 Å². The summed E-state index contributed by atoms with van der Waals surface area (Å²) in [5.74, 6) is -1.54. The predicted octanol–water partition coefficient (Wildman–Crippen LogP) is -0.342. The van der Waals surface area contributed by atoms with E-state index in [1.165, 1.54) is 7.11 Å². The molecular formula is C8H10O5. The second-order valence-electron chi connectivity index (χ2n) is 2.52. The molecule has 0 radical (unpaired) electrons. The van der Waals surface area contributed by atoms with Gasteiger partial charge in [0.25, 0.3) is 0 Å². The Labute approximate surface area is 75.3 Å². The molecule has 72 valence electrons. The van der Waals surface area contributed by atoms with Crippen molar-refractivity contribution in [3.63, 3.8) is 0 Å². The van der Waals surface area contributed by atoms with Gasteiger partial charge < -0.3 is 14.2 Å². The van der Waals surface area contributed by atoms with Gasteiger partial charge in [-0.3, -0.25) is 0 Å². The Morgan fingerprint density at radius 3 is 2.62 bits per heavy atom. The Morgan fingerprint density at radius 2 is 2.15 bits per heavy atom. The Bertz CT molecular complexity index is 241. The second-order valence-corrected chi connectivity index (χ2v) is 2.52. The van der Waals surface area contributed by atoms with Crippen molar-refractivity contribution in [3.05, 3.63) is 12.2 Å². The molecule has 1 aliphatic rings. The fraction of sp³-hybridized carbons (Fsp3) is 0.500. The number of methoxy groups -OCH3 is 1. The van der Waals surface area contributed by atoms with Crippen LogP contribution < -0.4 is 0 Å². The maximum absolute atomic E-state index is 11.0. The average molecular weight is 186 g/mol. The van der Waals surface area contributed by atoms with Crippen molar-refractivity contribution in [3.8, 4) is 0 Å². The third kappa shape index (κ3) is 2.87. The van der Waals surface area contributed by atoms with Gasteiger partial charge >= 0.3 is 11.9 Å². The van der Waals surface area contributed by atoms with Crippen LogP contribution in [0.5, 0.6) is 0 Å². The minimum atomic E-state index is -0.776. The SMILES string of the molecule is C=C(C(=O)OC)C(=O)OCC1CO1. The lowest BCUT2D eigenvalue weighted by molar-refractivity contribution is -0.145. The number of ether oxygens (including phenoxy) is 3. The van der Waals surface area contributed by atoms with Gasteiger partial charge in [-0.05, 0) is 0 Å². The van der Waals surface area contributed by atoms with Crippen LogP contribution in [0.15, 0.2) is 12.2 Å². The first-order valence-corrected chi connectivity index (χ1v) is 3.71. The van der Waals surface area contributed by atoms with Crippen LogP contribution in [0.25, 0.3) is 0 Å². The number of esters is 2. The highest BCUT2D eigenvalue weighted by molar-refractivity contribution is 6.13. The maximum Gasteiger partial charge on any atom is 0.345 e. The number of rotatable bonds is 4. The van der Waals surface area contributed by atoms with Crippen molar-refractivity contribution in [1.82, 2.24) is 0 Å². The Balaban J connectivity index is 2.28. The first-order valence-electron chi connectivity index (χ1n) is 3.71. The zero-order valence-electron chi connectivity index (χ0n) is 7.24. The van der Waals surface area contributed by atoms with Crippen LogP contribution >= 0.6 is 0 Å². The number of hydrogen-bond acceptors (Lipinski definition) is 5. The molecule has 5 heteroatoms. The smallest absolute Gasteiger partial charge is 0.345 e. The van der Waals surface area contributed by atoms with Gasteiger partial charge in [-0.25, -0.2) is 9.59 Å². The minimum Gasteiger partial charge on any atom is -0.465 e. The molecule has 0 aromatic carbocycles. The zero-order valence-corrected chi connectivity index (χ0v) is 7.24. The van der Waals surface area contributed by atoms with Gasteiger partial charge in [-0.1, -0.05) is 6.58 Å². The van der Waals surface area contributed by atoms with Crippen LogP contribution in [0, 0.1) is 0 Å². The quantitative estimate of drug-likeness (QED) is 0.197. The fourth-order valence-corrected chi connectivity index (χ4v) is 0.627. The fourth-order valence-electron chi connectivity index (χ4n) is 0.627. The van der Waals surface area contributed by atoms with E-state index in [9.17, 15) is 9.59 Å². The molecule has 1 unspecified atom stereocenters. The molecule has 0 spiro atoms. The third-order valence-electron chi connectivity index (χ3n) is 1.48. The Morgan fingerprint density at radius 1 is 1.54 bits per heavy atom. The summed E-state index contributed by atoms with van der Waals surface area (Å²) in [6.07, 6.45) is -0.0191. The van der Waals surface area contributed by atoms with Gasteiger partial charge in [-0.2, -0.15) is 0 Å². The van der Waals surface area contributed by atoms with E-state index < -0.39 is 11.9 Å². The van der Waals surface area contributed by atoms with E-state index in [2.05, 4.69) is 16.1 Å². The molecular weight excluding hydrogens is 176 g/mol. The molecule has 1 aliphatic heterocycles. The highest BCUT2D eigenvalue weighted by atomic mass is 16.6. The molecule has 0 aromatic rings. The number of epoxide rings is 1. The summed E-state index contributed by atoms with van der Waals surface area (Å²) in [5, 5.41) is 0. The van der Waals surface area contributed by atoms with Crippen LogP contribution in [-0.4, -0.2) is 38.4 Å². The first-order chi connectivity index (χ1) is 6.15. The molecule has 0 amide bonds. The summed E-state index contributed by atoms with van der Waals surface area (Å²) in [6.45, 7) is 3.99. The summed E-state index contributed by atoms with van der Waals surface area (Å²) in [7, 11) is 1.17. The molecule has 1 heterocycles. The van der Waals surface area contributed by atoms with E-state index in [1.807, 2.05) is 0 Å². The van der Waals surface area contributed by atoms with E-state index in [0.717, 1.165) is 0 Å². The van der Waals surface area contributed by atoms with Crippen molar-refractivity contribution < 1.29 is 23.8 Å². The Kier molecular flexibility index (Phi) is 3.02. The zero-order chi connectivity index (χ0) is 9.84. The molecule has 1 rings (SSSR count). The first kappa shape index (κ1) is 9.73. The van der Waals surface area contributed by atoms with E-state index >= 15 is 0 Å². The molecule has 0 bridgehead atoms. The second kappa shape index (κ2) is 4.04. The molecule has 1 saturated heterocycles. The molecule has 5 nitrogen and oxygen atoms in total. The largest absolute Gasteiger partial charge is 0.465 e. The van der Waals surface area contributed by atoms with Crippen LogP contribution in [-0.2, 0) is 23.8 Å². The standard InChI is InChI=1S/C8H10O5/c1-5(7(9)11-2)8(10)13-4-6-3-12-6/h6H,1,3-4H2,2H3. The van der Waals surface area contributed by atoms with Gasteiger partial charge in [0.1, 0.15) is 18.3 Å². The van der Waals surface area contributed by atoms with Crippen molar-refractivity contribution in [2.24, 2.45) is 0 Å². The van der Waals surface area contributed by atoms with Gasteiger partial charge in [0.15, 0.2) is 0 Å². The predicted molar refractivity (Wildman–Crippen MR) is 41.9 cm³/mol. The number of hydrogen-bond donors (Lipinski definition) is 0. The third-order valence-corrected chi connectivity index (χ3v) is 1.48. The molecule has 0 N–H and O–H groups in total. The summed E-state index contributed by atoms with van der Waals surface area (Å²) < 4.78 is 13.8. The van der Waals surface area contributed by atoms with Gasteiger partial charge in [-0.15, -0.1) is 0 Å². The number of carbonyl (C=O) groups excluding carboxylic acids is 2. The molecule has 1 fully saturated rings. The molecule has 0 aliphatic carbocycles. The lowest BCUT2D eigenvalue weighted by Gasteiger charge is -2.03. The van der Waals surface area contributed by atoms with Crippen molar-refractivity contribution in [1.29, 1.82) is 0 Å². The summed E-state index contributed by atoms with van der Waals surface area (Å²) in [4.78, 5) is 21.8. The van der Waals surface area contributed by atoms with Gasteiger partial charge in [0, 0.05) is 0 Å². The minimum absolute atomic E-state index is 0.0191. The summed E-state index contributed by atoms with van der Waals surface area (Å²) in [6, 6.07) is 0. The lowest BCUT2D eigenvalue weighted by atomic mass is 10.3. The number of carbonyl (C=O) groups is 2. The van der Waals surface area contributed by atoms with Gasteiger partial charge in [0.05, 0.1) is 13.7 Å². The maximum atomic E-state index is 11.0. The molecule has 13 heavy (non-hydrogen) atoms. The van der Waals surface area contributed by atoms with Crippen molar-refractivity contribution >= 4 is 11.9 Å². The van der Waals surface area contributed by atoms with Crippen molar-refractivity contribution in [2.45, 2.75) is 6.10 Å². The highest BCUT2D eigenvalue weighted by Gasteiger charge is 2.26. The van der Waals surface area contributed by atoms with Crippen LogP contribution in [0.1, 0.15) is 0 Å². The van der Waals surface area contributed by atoms with Crippen LogP contribution in [0.3, 0.4) is 0 Å². The van der Waals surface area contributed by atoms with Crippen molar-refractivity contribution in [2.75, 3.05) is 20.3 Å². The van der Waals surface area contributed by atoms with E-state index in [-0.39, 0.29) is 18.3 Å². The lowest BCUT2D eigenvalue weighted by Crippen LogP contribution is -2.18. The average Bonchev–Trinajstić information content (AvgIpc) is 2.95. The van der Waals surface area contributed by atoms with E-state index in [0.29, 0.717) is 6.61 Å². The highest BCUT2D eigenvalue weighted by Crippen LogP contribution is 2.09. The summed E-state index contributed by atoms with van der Waals surface area (Å²) in [5.41, 5.74) is -0.303. The monoisotopic (exact) mass is 186 g/mol. The van der Waals surface area contributed by atoms with E-state index in [4.69, 9.17) is 4.74 Å². The molecule has 0 saturated carbocycles. The van der Waals surface area contributed by atoms with Crippen LogP contribution in [0.2, 0.25) is 0 Å². The van der Waals surface area contributed by atoms with Crippen LogP contribution in [0.4, 0.5) is 0 Å². The normalized spacial score (nSPS) is 19.0. The Hall–Kier alpha value is -1.36. The molecule has 1 atom stereocenters. The summed E-state index contributed by atoms with van der Waals surface area (Å²) >= 11 is 0. The van der Waals surface area contributed by atoms with Gasteiger partial charge in [0.2, 0.25) is 0 Å². The molecule has 0 aromatic heterocycles. The topological polar surface area (TPSA) is 65.1 Å².